The maximum Gasteiger partial charge on any atom is 0.167 e. The minimum absolute atomic E-state index is 0.0307. The maximum atomic E-state index is 11.6. The van der Waals surface area contributed by atoms with Crippen molar-refractivity contribution in [3.63, 3.8) is 0 Å². The first kappa shape index (κ1) is 11.5. The highest BCUT2D eigenvalue weighted by molar-refractivity contribution is 6.10. The summed E-state index contributed by atoms with van der Waals surface area (Å²) in [6.45, 7) is 6.49. The van der Waals surface area contributed by atoms with Gasteiger partial charge < -0.3 is 14.6 Å². The Morgan fingerprint density at radius 1 is 1.06 bits per heavy atom. The first-order chi connectivity index (χ1) is 7.86. The molecule has 0 aliphatic carbocycles. The van der Waals surface area contributed by atoms with E-state index in [0.717, 1.165) is 5.56 Å². The minimum Gasteiger partial charge on any atom is -0.507 e. The van der Waals surface area contributed by atoms with Gasteiger partial charge in [-0.05, 0) is 27.7 Å². The third-order valence-electron chi connectivity index (χ3n) is 3.15. The molecular weight excluding hydrogens is 220 g/mol. The zero-order valence-electron chi connectivity index (χ0n) is 10.2. The Hall–Kier alpha value is -1.97. The highest BCUT2D eigenvalue weighted by Gasteiger charge is 2.24. The van der Waals surface area contributed by atoms with Crippen molar-refractivity contribution in [2.45, 2.75) is 27.7 Å². The Balaban J connectivity index is 3.09. The van der Waals surface area contributed by atoms with Crippen LogP contribution in [0.1, 0.15) is 34.2 Å². The molecule has 0 saturated carbocycles. The molecule has 1 aromatic carbocycles. The van der Waals surface area contributed by atoms with Crippen LogP contribution in [-0.2, 0) is 0 Å². The topological polar surface area (TPSA) is 70.7 Å². The van der Waals surface area contributed by atoms with Crippen LogP contribution in [0.4, 0.5) is 0 Å². The number of aromatic hydroxyl groups is 2. The minimum atomic E-state index is -0.288. The van der Waals surface area contributed by atoms with Crippen molar-refractivity contribution in [2.24, 2.45) is 0 Å². The molecule has 0 aliphatic heterocycles. The number of Topliss-reactive ketones (excluding diaryl/α,β-unsaturated/α-hetero) is 1. The van der Waals surface area contributed by atoms with Crippen LogP contribution in [0.15, 0.2) is 4.42 Å². The summed E-state index contributed by atoms with van der Waals surface area (Å²) < 4.78 is 5.47. The Labute approximate surface area is 98.5 Å². The first-order valence-corrected chi connectivity index (χ1v) is 5.31. The maximum absolute atomic E-state index is 11.6. The number of carbonyl (C=O) groups excluding carboxylic acids is 1. The van der Waals surface area contributed by atoms with E-state index in [4.69, 9.17) is 4.42 Å². The lowest BCUT2D eigenvalue weighted by Crippen LogP contribution is -1.96. The Morgan fingerprint density at radius 3 is 2.18 bits per heavy atom. The molecule has 2 N–H and O–H groups in total. The molecule has 0 fully saturated rings. The normalized spacial score (nSPS) is 11.1. The molecule has 2 rings (SSSR count). The monoisotopic (exact) mass is 234 g/mol. The van der Waals surface area contributed by atoms with Crippen molar-refractivity contribution in [2.75, 3.05) is 0 Å². The highest BCUT2D eigenvalue weighted by Crippen LogP contribution is 2.42. The van der Waals surface area contributed by atoms with Gasteiger partial charge in [-0.2, -0.15) is 0 Å². The Morgan fingerprint density at radius 2 is 1.65 bits per heavy atom. The van der Waals surface area contributed by atoms with E-state index in [1.807, 2.05) is 0 Å². The van der Waals surface area contributed by atoms with Crippen LogP contribution in [0.2, 0.25) is 0 Å². The van der Waals surface area contributed by atoms with Crippen LogP contribution in [0.5, 0.6) is 11.5 Å². The number of aryl methyl sites for hydroxylation is 2. The second-order valence-electron chi connectivity index (χ2n) is 4.24. The van der Waals surface area contributed by atoms with Gasteiger partial charge in [0, 0.05) is 11.1 Å². The van der Waals surface area contributed by atoms with Gasteiger partial charge in [0.15, 0.2) is 11.4 Å². The summed E-state index contributed by atoms with van der Waals surface area (Å²) in [6, 6.07) is 0. The van der Waals surface area contributed by atoms with Crippen LogP contribution >= 0.6 is 0 Å². The number of carbonyl (C=O) groups is 1. The van der Waals surface area contributed by atoms with E-state index in [-0.39, 0.29) is 28.4 Å². The van der Waals surface area contributed by atoms with Gasteiger partial charge in [0.1, 0.15) is 22.8 Å². The van der Waals surface area contributed by atoms with Crippen molar-refractivity contribution in [1.82, 2.24) is 0 Å². The van der Waals surface area contributed by atoms with Gasteiger partial charge in [-0.15, -0.1) is 0 Å². The molecule has 0 spiro atoms. The van der Waals surface area contributed by atoms with E-state index >= 15 is 0 Å². The van der Waals surface area contributed by atoms with Crippen molar-refractivity contribution >= 4 is 16.8 Å². The number of furan rings is 1. The summed E-state index contributed by atoms with van der Waals surface area (Å²) >= 11 is 0. The standard InChI is InChI=1S/C13H14O4/c1-5-8(4)17-13-9(5)11(15)6(2)12(16)10(13)7(3)14/h15-16H,1-4H3. The molecule has 0 saturated heterocycles. The van der Waals surface area contributed by atoms with Crippen molar-refractivity contribution in [1.29, 1.82) is 0 Å². The van der Waals surface area contributed by atoms with Gasteiger partial charge in [0.25, 0.3) is 0 Å². The number of benzene rings is 1. The number of phenolic OH excluding ortho intramolecular Hbond substituents is 2. The van der Waals surface area contributed by atoms with Gasteiger partial charge in [-0.1, -0.05) is 0 Å². The van der Waals surface area contributed by atoms with Crippen LogP contribution in [0.25, 0.3) is 11.0 Å². The molecule has 0 radical (unpaired) electrons. The van der Waals surface area contributed by atoms with Gasteiger partial charge in [0.05, 0.1) is 5.39 Å². The third kappa shape index (κ3) is 1.40. The molecule has 0 atom stereocenters. The SMILES string of the molecule is CC(=O)c1c(O)c(C)c(O)c2c(C)c(C)oc12. The molecular formula is C13H14O4. The van der Waals surface area contributed by atoms with E-state index in [1.165, 1.54) is 6.92 Å². The average molecular weight is 234 g/mol. The van der Waals surface area contributed by atoms with Crippen molar-refractivity contribution in [3.8, 4) is 11.5 Å². The molecule has 1 aromatic heterocycles. The largest absolute Gasteiger partial charge is 0.507 e. The molecule has 17 heavy (non-hydrogen) atoms. The lowest BCUT2D eigenvalue weighted by molar-refractivity contribution is 0.101. The lowest BCUT2D eigenvalue weighted by atomic mass is 10.00. The summed E-state index contributed by atoms with van der Waals surface area (Å²) in [5.74, 6) is 0.0975. The van der Waals surface area contributed by atoms with Gasteiger partial charge in [0.2, 0.25) is 0 Å². The van der Waals surface area contributed by atoms with E-state index in [2.05, 4.69) is 0 Å². The summed E-state index contributed by atoms with van der Waals surface area (Å²) in [4.78, 5) is 11.6. The second-order valence-corrected chi connectivity index (χ2v) is 4.24. The molecule has 0 aliphatic rings. The van der Waals surface area contributed by atoms with Gasteiger partial charge in [-0.25, -0.2) is 0 Å². The molecule has 2 aromatic rings. The van der Waals surface area contributed by atoms with Crippen LogP contribution in [0.3, 0.4) is 0 Å². The molecule has 0 bridgehead atoms. The first-order valence-electron chi connectivity index (χ1n) is 5.31. The van der Waals surface area contributed by atoms with E-state index < -0.39 is 0 Å². The predicted molar refractivity (Wildman–Crippen MR) is 63.8 cm³/mol. The molecule has 0 unspecified atom stereocenters. The Bertz CT molecular complexity index is 635. The smallest absolute Gasteiger partial charge is 0.167 e. The van der Waals surface area contributed by atoms with E-state index in [9.17, 15) is 15.0 Å². The summed E-state index contributed by atoms with van der Waals surface area (Å²) in [7, 11) is 0. The zero-order valence-corrected chi connectivity index (χ0v) is 10.2. The zero-order chi connectivity index (χ0) is 12.9. The summed E-state index contributed by atoms with van der Waals surface area (Å²) in [6.07, 6.45) is 0. The second kappa shape index (κ2) is 3.52. The Kier molecular flexibility index (Phi) is 2.38. The fraction of sp³-hybridized carbons (Fsp3) is 0.308. The molecule has 0 amide bonds. The molecule has 4 nitrogen and oxygen atoms in total. The van der Waals surface area contributed by atoms with Gasteiger partial charge in [-0.3, -0.25) is 4.79 Å². The van der Waals surface area contributed by atoms with Gasteiger partial charge >= 0.3 is 0 Å². The lowest BCUT2D eigenvalue weighted by Gasteiger charge is -2.08. The number of rotatable bonds is 1. The van der Waals surface area contributed by atoms with E-state index in [1.54, 1.807) is 20.8 Å². The predicted octanol–water partition coefficient (Wildman–Crippen LogP) is 2.97. The number of hydrogen-bond donors (Lipinski definition) is 2. The number of fused-ring (bicyclic) bond motifs is 1. The quantitative estimate of drug-likeness (QED) is 0.744. The highest BCUT2D eigenvalue weighted by atomic mass is 16.3. The fourth-order valence-electron chi connectivity index (χ4n) is 2.01. The number of ketones is 1. The molecule has 4 heteroatoms. The summed E-state index contributed by atoms with van der Waals surface area (Å²) in [5, 5.41) is 20.4. The molecule has 90 valence electrons. The third-order valence-corrected chi connectivity index (χ3v) is 3.15. The van der Waals surface area contributed by atoms with Crippen molar-refractivity contribution in [3.05, 3.63) is 22.5 Å². The fourth-order valence-corrected chi connectivity index (χ4v) is 2.01. The number of phenols is 2. The van der Waals surface area contributed by atoms with Crippen LogP contribution in [-0.4, -0.2) is 16.0 Å². The average Bonchev–Trinajstić information content (AvgIpc) is 2.52. The summed E-state index contributed by atoms with van der Waals surface area (Å²) in [5.41, 5.74) is 1.47. The van der Waals surface area contributed by atoms with E-state index in [0.29, 0.717) is 16.7 Å². The van der Waals surface area contributed by atoms with Crippen LogP contribution < -0.4 is 0 Å². The molecule has 1 heterocycles. The number of hydrogen-bond acceptors (Lipinski definition) is 4. The van der Waals surface area contributed by atoms with Crippen molar-refractivity contribution < 1.29 is 19.4 Å². The van der Waals surface area contributed by atoms with Crippen LogP contribution in [0, 0.1) is 20.8 Å².